The molecule has 2 aromatic carbocycles. The largest absolute Gasteiger partial charge is 0.452 e. The van der Waals surface area contributed by atoms with Crippen molar-refractivity contribution in [3.05, 3.63) is 70.8 Å². The van der Waals surface area contributed by atoms with Gasteiger partial charge in [-0.25, -0.2) is 4.79 Å². The molecule has 2 rings (SSSR count). The summed E-state index contributed by atoms with van der Waals surface area (Å²) < 4.78 is 4.94. The lowest BCUT2D eigenvalue weighted by Gasteiger charge is -2.07. The van der Waals surface area contributed by atoms with Crippen LogP contribution in [-0.4, -0.2) is 18.5 Å². The van der Waals surface area contributed by atoms with Crippen molar-refractivity contribution in [2.75, 3.05) is 11.9 Å². The third-order valence-electron chi connectivity index (χ3n) is 3.59. The summed E-state index contributed by atoms with van der Waals surface area (Å²) >= 11 is 0. The average Bonchev–Trinajstić information content (AvgIpc) is 2.54. The number of hydrogen-bond donors (Lipinski definition) is 1. The van der Waals surface area contributed by atoms with E-state index in [1.807, 2.05) is 63.2 Å². The Bertz CT molecular complexity index is 778. The van der Waals surface area contributed by atoms with Crippen molar-refractivity contribution in [2.24, 2.45) is 0 Å². The number of anilines is 1. The topological polar surface area (TPSA) is 55.4 Å². The third kappa shape index (κ3) is 5.39. The molecule has 0 saturated carbocycles. The van der Waals surface area contributed by atoms with Gasteiger partial charge in [-0.1, -0.05) is 35.9 Å². The van der Waals surface area contributed by atoms with Crippen molar-refractivity contribution >= 4 is 23.6 Å². The van der Waals surface area contributed by atoms with Gasteiger partial charge in [0.25, 0.3) is 5.91 Å². The molecule has 0 aliphatic rings. The highest BCUT2D eigenvalue weighted by atomic mass is 16.5. The minimum absolute atomic E-state index is 0.316. The van der Waals surface area contributed by atoms with Crippen LogP contribution in [0.4, 0.5) is 5.69 Å². The zero-order valence-corrected chi connectivity index (χ0v) is 14.1. The van der Waals surface area contributed by atoms with Gasteiger partial charge in [0.05, 0.1) is 0 Å². The molecule has 4 nitrogen and oxygen atoms in total. The summed E-state index contributed by atoms with van der Waals surface area (Å²) in [5, 5.41) is 2.71. The molecule has 1 amide bonds. The second kappa shape index (κ2) is 8.11. The van der Waals surface area contributed by atoms with Gasteiger partial charge in [-0.2, -0.15) is 0 Å². The Morgan fingerprint density at radius 3 is 2.54 bits per heavy atom. The molecule has 0 heterocycles. The van der Waals surface area contributed by atoms with Gasteiger partial charge in [-0.15, -0.1) is 0 Å². The van der Waals surface area contributed by atoms with Crippen LogP contribution >= 0.6 is 0 Å². The summed E-state index contributed by atoms with van der Waals surface area (Å²) in [6, 6.07) is 13.4. The zero-order valence-electron chi connectivity index (χ0n) is 14.1. The minimum Gasteiger partial charge on any atom is -0.452 e. The van der Waals surface area contributed by atoms with E-state index in [1.165, 1.54) is 6.08 Å². The number of hydrogen-bond acceptors (Lipinski definition) is 3. The first-order valence-corrected chi connectivity index (χ1v) is 7.72. The highest BCUT2D eigenvalue weighted by molar-refractivity contribution is 5.94. The van der Waals surface area contributed by atoms with Gasteiger partial charge in [0, 0.05) is 11.8 Å². The molecule has 0 spiro atoms. The first kappa shape index (κ1) is 17.5. The Kier molecular flexibility index (Phi) is 5.90. The van der Waals surface area contributed by atoms with E-state index in [-0.39, 0.29) is 12.5 Å². The van der Waals surface area contributed by atoms with Crippen molar-refractivity contribution in [1.29, 1.82) is 0 Å². The molecule has 24 heavy (non-hydrogen) atoms. The number of rotatable bonds is 5. The zero-order chi connectivity index (χ0) is 17.5. The second-order valence-electron chi connectivity index (χ2n) is 5.70. The first-order chi connectivity index (χ1) is 11.4. The molecule has 0 radical (unpaired) electrons. The van der Waals surface area contributed by atoms with Crippen molar-refractivity contribution in [2.45, 2.75) is 20.8 Å². The Labute approximate surface area is 142 Å². The number of carbonyl (C=O) groups excluding carboxylic acids is 2. The van der Waals surface area contributed by atoms with Crippen molar-refractivity contribution in [3.8, 4) is 0 Å². The lowest BCUT2D eigenvalue weighted by atomic mass is 10.1. The highest BCUT2D eigenvalue weighted by Gasteiger charge is 2.06. The minimum atomic E-state index is -0.549. The van der Waals surface area contributed by atoms with Crippen LogP contribution in [-0.2, 0) is 14.3 Å². The molecule has 0 aliphatic carbocycles. The molecule has 4 heteroatoms. The number of esters is 1. The van der Waals surface area contributed by atoms with Gasteiger partial charge in [0.15, 0.2) is 6.61 Å². The van der Waals surface area contributed by atoms with Gasteiger partial charge in [0.2, 0.25) is 0 Å². The van der Waals surface area contributed by atoms with Gasteiger partial charge in [-0.05, 0) is 55.7 Å². The van der Waals surface area contributed by atoms with E-state index >= 15 is 0 Å². The van der Waals surface area contributed by atoms with Crippen LogP contribution in [0.1, 0.15) is 22.3 Å². The number of amides is 1. The summed E-state index contributed by atoms with van der Waals surface area (Å²) in [4.78, 5) is 23.5. The molecule has 0 fully saturated rings. The van der Waals surface area contributed by atoms with Crippen LogP contribution in [0.2, 0.25) is 0 Å². The smallest absolute Gasteiger partial charge is 0.331 e. The monoisotopic (exact) mass is 323 g/mol. The maximum atomic E-state index is 11.8. The molecule has 0 saturated heterocycles. The quantitative estimate of drug-likeness (QED) is 0.672. The fraction of sp³-hybridized carbons (Fsp3) is 0.200. The Morgan fingerprint density at radius 2 is 1.83 bits per heavy atom. The molecule has 0 aliphatic heterocycles. The fourth-order valence-corrected chi connectivity index (χ4v) is 2.14. The summed E-state index contributed by atoms with van der Waals surface area (Å²) in [7, 11) is 0. The molecule has 0 bridgehead atoms. The van der Waals surface area contributed by atoms with E-state index in [0.29, 0.717) is 5.69 Å². The Morgan fingerprint density at radius 1 is 1.04 bits per heavy atom. The SMILES string of the molecule is Cc1cccc(/C=C/C(=O)OCC(=O)Nc2ccc(C)c(C)c2)c1. The maximum absolute atomic E-state index is 11.8. The van der Waals surface area contributed by atoms with E-state index in [0.717, 1.165) is 22.3 Å². The standard InChI is InChI=1S/C20H21NO3/c1-14-5-4-6-17(11-14)8-10-20(23)24-13-19(22)21-18-9-7-15(2)16(3)12-18/h4-12H,13H2,1-3H3,(H,21,22)/b10-8+. The van der Waals surface area contributed by atoms with Gasteiger partial charge in [0.1, 0.15) is 0 Å². The van der Waals surface area contributed by atoms with Crippen LogP contribution in [0, 0.1) is 20.8 Å². The average molecular weight is 323 g/mol. The third-order valence-corrected chi connectivity index (χ3v) is 3.59. The second-order valence-corrected chi connectivity index (χ2v) is 5.70. The number of benzene rings is 2. The highest BCUT2D eigenvalue weighted by Crippen LogP contribution is 2.14. The molecule has 0 atom stereocenters. The van der Waals surface area contributed by atoms with Gasteiger partial charge in [-0.3, -0.25) is 4.79 Å². The number of ether oxygens (including phenoxy) is 1. The van der Waals surface area contributed by atoms with E-state index < -0.39 is 5.97 Å². The van der Waals surface area contributed by atoms with E-state index in [9.17, 15) is 9.59 Å². The van der Waals surface area contributed by atoms with Crippen molar-refractivity contribution < 1.29 is 14.3 Å². The molecule has 1 N–H and O–H groups in total. The lowest BCUT2D eigenvalue weighted by Crippen LogP contribution is -2.20. The normalized spacial score (nSPS) is 10.6. The first-order valence-electron chi connectivity index (χ1n) is 7.72. The van der Waals surface area contributed by atoms with Crippen LogP contribution in [0.15, 0.2) is 48.5 Å². The van der Waals surface area contributed by atoms with E-state index in [2.05, 4.69) is 5.32 Å². The van der Waals surface area contributed by atoms with Gasteiger partial charge < -0.3 is 10.1 Å². The molecular formula is C20H21NO3. The summed E-state index contributed by atoms with van der Waals surface area (Å²) in [6.45, 7) is 5.64. The van der Waals surface area contributed by atoms with Crippen molar-refractivity contribution in [1.82, 2.24) is 0 Å². The van der Waals surface area contributed by atoms with Gasteiger partial charge >= 0.3 is 5.97 Å². The van der Waals surface area contributed by atoms with Crippen LogP contribution < -0.4 is 5.32 Å². The van der Waals surface area contributed by atoms with Crippen LogP contribution in [0.3, 0.4) is 0 Å². The van der Waals surface area contributed by atoms with Crippen LogP contribution in [0.25, 0.3) is 6.08 Å². The van der Waals surface area contributed by atoms with E-state index in [1.54, 1.807) is 6.08 Å². The van der Waals surface area contributed by atoms with E-state index in [4.69, 9.17) is 4.74 Å². The molecule has 2 aromatic rings. The summed E-state index contributed by atoms with van der Waals surface area (Å²) in [5.74, 6) is -0.915. The molecule has 124 valence electrons. The maximum Gasteiger partial charge on any atom is 0.331 e. The Hall–Kier alpha value is -2.88. The van der Waals surface area contributed by atoms with Crippen molar-refractivity contribution in [3.63, 3.8) is 0 Å². The number of aryl methyl sites for hydroxylation is 3. The predicted octanol–water partition coefficient (Wildman–Crippen LogP) is 3.81. The number of nitrogens with one attached hydrogen (secondary N) is 1. The lowest BCUT2D eigenvalue weighted by molar-refractivity contribution is -0.142. The fourth-order valence-electron chi connectivity index (χ4n) is 2.14. The Balaban J connectivity index is 1.82. The summed E-state index contributed by atoms with van der Waals surface area (Å²) in [6.07, 6.45) is 2.98. The van der Waals surface area contributed by atoms with Crippen LogP contribution in [0.5, 0.6) is 0 Å². The molecular weight excluding hydrogens is 302 g/mol. The number of carbonyl (C=O) groups is 2. The predicted molar refractivity (Wildman–Crippen MR) is 95.7 cm³/mol. The molecule has 0 aromatic heterocycles. The molecule has 0 unspecified atom stereocenters. The summed E-state index contributed by atoms with van der Waals surface area (Å²) in [5.41, 5.74) is 4.95.